The second-order valence-corrected chi connectivity index (χ2v) is 5.67. The molecule has 0 aromatic heterocycles. The zero-order valence-corrected chi connectivity index (χ0v) is 14.7. The van der Waals surface area contributed by atoms with E-state index in [-0.39, 0.29) is 5.91 Å². The van der Waals surface area contributed by atoms with Crippen molar-refractivity contribution < 1.29 is 14.3 Å². The monoisotopic (exact) mass is 348 g/mol. The van der Waals surface area contributed by atoms with Crippen molar-refractivity contribution in [2.45, 2.75) is 13.3 Å². The van der Waals surface area contributed by atoms with Crippen molar-refractivity contribution >= 4 is 28.9 Å². The summed E-state index contributed by atoms with van der Waals surface area (Å²) in [5, 5.41) is 6.69. The first kappa shape index (κ1) is 17.9. The summed E-state index contributed by atoms with van der Waals surface area (Å²) in [5.74, 6) is 1.27. The number of hydrogen-bond acceptors (Lipinski definition) is 4. The molecule has 0 bridgehead atoms. The summed E-state index contributed by atoms with van der Waals surface area (Å²) in [4.78, 5) is 12.0. The quantitative estimate of drug-likeness (QED) is 0.790. The van der Waals surface area contributed by atoms with Crippen molar-refractivity contribution in [1.82, 2.24) is 0 Å². The van der Waals surface area contributed by atoms with Gasteiger partial charge in [-0.1, -0.05) is 17.7 Å². The molecule has 0 unspecified atom stereocenters. The fraction of sp³-hybridized carbons (Fsp3) is 0.278. The lowest BCUT2D eigenvalue weighted by Crippen LogP contribution is -2.16. The second-order valence-electron chi connectivity index (χ2n) is 5.26. The standard InChI is InChI=1S/C18H21ClN2O3/c1-12-9-16(17(24-3)11-15(12)19)20-8-7-18(22)21-13-5-4-6-14(10-13)23-2/h4-6,9-11,20H,7-8H2,1-3H3,(H,21,22). The van der Waals surface area contributed by atoms with Crippen molar-refractivity contribution in [2.24, 2.45) is 0 Å². The lowest BCUT2D eigenvalue weighted by Gasteiger charge is -2.13. The lowest BCUT2D eigenvalue weighted by molar-refractivity contribution is -0.115. The molecule has 2 aromatic carbocycles. The highest BCUT2D eigenvalue weighted by atomic mass is 35.5. The molecule has 0 aliphatic heterocycles. The maximum atomic E-state index is 12.0. The molecular weight excluding hydrogens is 328 g/mol. The molecule has 0 saturated heterocycles. The van der Waals surface area contributed by atoms with Gasteiger partial charge in [-0.2, -0.15) is 0 Å². The first-order chi connectivity index (χ1) is 11.5. The maximum absolute atomic E-state index is 12.0. The minimum atomic E-state index is -0.0830. The maximum Gasteiger partial charge on any atom is 0.226 e. The van der Waals surface area contributed by atoms with Gasteiger partial charge in [0.05, 0.1) is 19.9 Å². The zero-order valence-electron chi connectivity index (χ0n) is 14.0. The third kappa shape index (κ3) is 4.80. The van der Waals surface area contributed by atoms with Gasteiger partial charge in [-0.15, -0.1) is 0 Å². The predicted octanol–water partition coefficient (Wildman–Crippen LogP) is 4.11. The molecule has 6 heteroatoms. The number of rotatable bonds is 7. The van der Waals surface area contributed by atoms with E-state index < -0.39 is 0 Å². The number of amides is 1. The molecule has 0 spiro atoms. The van der Waals surface area contributed by atoms with Gasteiger partial charge in [-0.05, 0) is 30.7 Å². The Morgan fingerprint density at radius 2 is 1.96 bits per heavy atom. The van der Waals surface area contributed by atoms with Gasteiger partial charge in [0.1, 0.15) is 11.5 Å². The second kappa shape index (κ2) is 8.45. The predicted molar refractivity (Wildman–Crippen MR) is 97.5 cm³/mol. The molecule has 2 rings (SSSR count). The van der Waals surface area contributed by atoms with Crippen molar-refractivity contribution in [3.05, 3.63) is 47.0 Å². The van der Waals surface area contributed by atoms with E-state index in [0.717, 1.165) is 11.3 Å². The Bertz CT molecular complexity index is 719. The molecule has 0 atom stereocenters. The largest absolute Gasteiger partial charge is 0.497 e. The van der Waals surface area contributed by atoms with Gasteiger partial charge in [-0.25, -0.2) is 0 Å². The van der Waals surface area contributed by atoms with Gasteiger partial charge in [0.2, 0.25) is 5.91 Å². The summed E-state index contributed by atoms with van der Waals surface area (Å²) < 4.78 is 10.4. The first-order valence-electron chi connectivity index (χ1n) is 7.55. The van der Waals surface area contributed by atoms with Crippen molar-refractivity contribution in [1.29, 1.82) is 0 Å². The van der Waals surface area contributed by atoms with E-state index in [4.69, 9.17) is 21.1 Å². The van der Waals surface area contributed by atoms with Crippen LogP contribution >= 0.6 is 11.6 Å². The van der Waals surface area contributed by atoms with Crippen LogP contribution in [0.3, 0.4) is 0 Å². The molecule has 0 fully saturated rings. The summed E-state index contributed by atoms with van der Waals surface area (Å²) in [7, 11) is 3.17. The Kier molecular flexibility index (Phi) is 6.32. The number of aryl methyl sites for hydroxylation is 1. The molecule has 128 valence electrons. The molecule has 5 nitrogen and oxygen atoms in total. The Morgan fingerprint density at radius 3 is 2.67 bits per heavy atom. The minimum absolute atomic E-state index is 0.0830. The van der Waals surface area contributed by atoms with Crippen molar-refractivity contribution in [3.8, 4) is 11.5 Å². The van der Waals surface area contributed by atoms with E-state index in [1.165, 1.54) is 0 Å². The van der Waals surface area contributed by atoms with E-state index in [1.807, 2.05) is 31.2 Å². The fourth-order valence-electron chi connectivity index (χ4n) is 2.21. The number of halogens is 1. The van der Waals surface area contributed by atoms with Gasteiger partial charge in [0.15, 0.2) is 0 Å². The molecular formula is C18H21ClN2O3. The molecule has 0 aliphatic rings. The SMILES string of the molecule is COc1cccc(NC(=O)CCNc2cc(C)c(Cl)cc2OC)c1. The molecule has 1 amide bonds. The smallest absolute Gasteiger partial charge is 0.226 e. The first-order valence-corrected chi connectivity index (χ1v) is 7.93. The summed E-state index contributed by atoms with van der Waals surface area (Å²) in [5.41, 5.74) is 2.47. The van der Waals surface area contributed by atoms with Crippen LogP contribution in [0.5, 0.6) is 11.5 Å². The highest BCUT2D eigenvalue weighted by molar-refractivity contribution is 6.31. The number of carbonyl (C=O) groups is 1. The summed E-state index contributed by atoms with van der Waals surface area (Å²) in [6, 6.07) is 10.9. The van der Waals surface area contributed by atoms with Crippen LogP contribution in [0.1, 0.15) is 12.0 Å². The van der Waals surface area contributed by atoms with Crippen LogP contribution in [0.4, 0.5) is 11.4 Å². The molecule has 0 heterocycles. The highest BCUT2D eigenvalue weighted by Crippen LogP contribution is 2.30. The molecule has 0 saturated carbocycles. The van der Waals surface area contributed by atoms with Gasteiger partial charge >= 0.3 is 0 Å². The number of anilines is 2. The number of ether oxygens (including phenoxy) is 2. The highest BCUT2D eigenvalue weighted by Gasteiger charge is 2.08. The Hall–Kier alpha value is -2.40. The van der Waals surface area contributed by atoms with Crippen LogP contribution in [-0.2, 0) is 4.79 Å². The van der Waals surface area contributed by atoms with E-state index in [2.05, 4.69) is 10.6 Å². The van der Waals surface area contributed by atoms with Crippen LogP contribution in [0.2, 0.25) is 5.02 Å². The number of benzene rings is 2. The molecule has 2 aromatic rings. The summed E-state index contributed by atoms with van der Waals surface area (Å²) in [6.07, 6.45) is 0.321. The molecule has 0 radical (unpaired) electrons. The molecule has 2 N–H and O–H groups in total. The topological polar surface area (TPSA) is 59.6 Å². The lowest BCUT2D eigenvalue weighted by atomic mass is 10.2. The van der Waals surface area contributed by atoms with Crippen LogP contribution in [0.15, 0.2) is 36.4 Å². The van der Waals surface area contributed by atoms with Crippen molar-refractivity contribution in [3.63, 3.8) is 0 Å². The Labute approximate surface area is 146 Å². The number of methoxy groups -OCH3 is 2. The number of hydrogen-bond donors (Lipinski definition) is 2. The van der Waals surface area contributed by atoms with Crippen LogP contribution in [0.25, 0.3) is 0 Å². The van der Waals surface area contributed by atoms with Crippen LogP contribution in [0, 0.1) is 6.92 Å². The van der Waals surface area contributed by atoms with E-state index in [9.17, 15) is 4.79 Å². The van der Waals surface area contributed by atoms with Crippen LogP contribution in [-0.4, -0.2) is 26.7 Å². The average molecular weight is 349 g/mol. The zero-order chi connectivity index (χ0) is 17.5. The average Bonchev–Trinajstić information content (AvgIpc) is 2.57. The van der Waals surface area contributed by atoms with E-state index in [0.29, 0.717) is 35.2 Å². The van der Waals surface area contributed by atoms with Gasteiger partial charge < -0.3 is 20.1 Å². The minimum Gasteiger partial charge on any atom is -0.497 e. The third-order valence-corrected chi connectivity index (χ3v) is 3.91. The Balaban J connectivity index is 1.89. The van der Waals surface area contributed by atoms with Gasteiger partial charge in [-0.3, -0.25) is 4.79 Å². The number of carbonyl (C=O) groups excluding carboxylic acids is 1. The fourth-order valence-corrected chi connectivity index (χ4v) is 2.36. The summed E-state index contributed by atoms with van der Waals surface area (Å²) >= 11 is 6.08. The van der Waals surface area contributed by atoms with Gasteiger partial charge in [0.25, 0.3) is 0 Å². The van der Waals surface area contributed by atoms with E-state index in [1.54, 1.807) is 26.4 Å². The van der Waals surface area contributed by atoms with Crippen LogP contribution < -0.4 is 20.1 Å². The Morgan fingerprint density at radius 1 is 1.17 bits per heavy atom. The summed E-state index contributed by atoms with van der Waals surface area (Å²) in [6.45, 7) is 2.40. The third-order valence-electron chi connectivity index (χ3n) is 3.50. The van der Waals surface area contributed by atoms with Gasteiger partial charge in [0, 0.05) is 35.8 Å². The molecule has 0 aliphatic carbocycles. The van der Waals surface area contributed by atoms with E-state index >= 15 is 0 Å². The number of nitrogens with one attached hydrogen (secondary N) is 2. The normalized spacial score (nSPS) is 10.2. The molecule has 24 heavy (non-hydrogen) atoms. The van der Waals surface area contributed by atoms with Crippen molar-refractivity contribution in [2.75, 3.05) is 31.4 Å².